The van der Waals surface area contributed by atoms with Crippen molar-refractivity contribution < 1.29 is 5.11 Å². The molecule has 6 nitrogen and oxygen atoms in total. The molecule has 0 aromatic carbocycles. The van der Waals surface area contributed by atoms with E-state index < -0.39 is 0 Å². The highest BCUT2D eigenvalue weighted by molar-refractivity contribution is 5.48. The smallest absolute Gasteiger partial charge is 0.145 e. The van der Waals surface area contributed by atoms with Gasteiger partial charge >= 0.3 is 0 Å². The molecule has 1 saturated heterocycles. The molecule has 16 heavy (non-hydrogen) atoms. The summed E-state index contributed by atoms with van der Waals surface area (Å²) in [6.45, 7) is 1.08. The van der Waals surface area contributed by atoms with Crippen molar-refractivity contribution in [2.24, 2.45) is 5.84 Å². The van der Waals surface area contributed by atoms with Gasteiger partial charge in [0.25, 0.3) is 0 Å². The summed E-state index contributed by atoms with van der Waals surface area (Å²) in [5.41, 5.74) is 2.50. The van der Waals surface area contributed by atoms with Gasteiger partial charge in [0.05, 0.1) is 12.6 Å². The minimum absolute atomic E-state index is 0.161. The summed E-state index contributed by atoms with van der Waals surface area (Å²) in [7, 11) is 0. The van der Waals surface area contributed by atoms with Gasteiger partial charge in [0.1, 0.15) is 18.0 Å². The van der Waals surface area contributed by atoms with Crippen molar-refractivity contribution in [1.29, 1.82) is 0 Å². The maximum Gasteiger partial charge on any atom is 0.145 e. The molecular weight excluding hydrogens is 206 g/mol. The molecule has 1 fully saturated rings. The van der Waals surface area contributed by atoms with Crippen LogP contribution >= 0.6 is 0 Å². The molecule has 0 spiro atoms. The van der Waals surface area contributed by atoms with Gasteiger partial charge in [-0.05, 0) is 19.3 Å². The van der Waals surface area contributed by atoms with Crippen LogP contribution in [-0.4, -0.2) is 34.3 Å². The van der Waals surface area contributed by atoms with Crippen molar-refractivity contribution in [3.05, 3.63) is 12.4 Å². The molecule has 4 N–H and O–H groups in total. The fourth-order valence-corrected chi connectivity index (χ4v) is 2.08. The Kier molecular flexibility index (Phi) is 3.53. The second kappa shape index (κ2) is 5.09. The van der Waals surface area contributed by atoms with E-state index in [9.17, 15) is 5.11 Å². The van der Waals surface area contributed by atoms with E-state index in [0.717, 1.165) is 31.6 Å². The predicted octanol–water partition coefficient (Wildman–Crippen LogP) is 0.113. The van der Waals surface area contributed by atoms with Crippen LogP contribution in [0.3, 0.4) is 0 Å². The first-order valence-electron chi connectivity index (χ1n) is 5.51. The Morgan fingerprint density at radius 3 is 3.12 bits per heavy atom. The number of nitrogens with two attached hydrogens (primary N) is 1. The van der Waals surface area contributed by atoms with E-state index >= 15 is 0 Å². The van der Waals surface area contributed by atoms with Gasteiger partial charge in [-0.15, -0.1) is 0 Å². The molecule has 0 bridgehead atoms. The minimum Gasteiger partial charge on any atom is -0.394 e. The van der Waals surface area contributed by atoms with E-state index in [1.54, 1.807) is 6.07 Å². The zero-order valence-corrected chi connectivity index (χ0v) is 9.13. The number of hydrogen-bond acceptors (Lipinski definition) is 6. The largest absolute Gasteiger partial charge is 0.394 e. The van der Waals surface area contributed by atoms with Crippen molar-refractivity contribution in [3.63, 3.8) is 0 Å². The van der Waals surface area contributed by atoms with Gasteiger partial charge in [-0.1, -0.05) is 0 Å². The first-order chi connectivity index (χ1) is 7.85. The van der Waals surface area contributed by atoms with Gasteiger partial charge in [0, 0.05) is 12.6 Å². The number of aliphatic hydroxyl groups excluding tert-OH is 1. The highest BCUT2D eigenvalue weighted by Gasteiger charge is 2.22. The van der Waals surface area contributed by atoms with Crippen molar-refractivity contribution in [2.45, 2.75) is 25.3 Å². The number of nitrogens with zero attached hydrogens (tertiary/aromatic N) is 3. The van der Waals surface area contributed by atoms with Gasteiger partial charge in [0.2, 0.25) is 0 Å². The van der Waals surface area contributed by atoms with Crippen molar-refractivity contribution in [2.75, 3.05) is 23.5 Å². The predicted molar refractivity (Wildman–Crippen MR) is 61.9 cm³/mol. The number of aliphatic hydroxyl groups is 1. The molecule has 1 aliphatic heterocycles. The number of piperidine rings is 1. The highest BCUT2D eigenvalue weighted by Crippen LogP contribution is 2.23. The lowest BCUT2D eigenvalue weighted by molar-refractivity contribution is 0.239. The first-order valence-corrected chi connectivity index (χ1v) is 5.51. The third kappa shape index (κ3) is 2.23. The van der Waals surface area contributed by atoms with Gasteiger partial charge in [-0.2, -0.15) is 0 Å². The van der Waals surface area contributed by atoms with Crippen LogP contribution < -0.4 is 16.2 Å². The van der Waals surface area contributed by atoms with E-state index in [2.05, 4.69) is 20.3 Å². The van der Waals surface area contributed by atoms with Crippen LogP contribution in [0.2, 0.25) is 0 Å². The van der Waals surface area contributed by atoms with Crippen LogP contribution in [0.4, 0.5) is 11.6 Å². The third-order valence-electron chi connectivity index (χ3n) is 2.93. The molecule has 0 amide bonds. The molecule has 6 heteroatoms. The van der Waals surface area contributed by atoms with Gasteiger partial charge in [-0.3, -0.25) is 0 Å². The quantitative estimate of drug-likeness (QED) is 0.498. The minimum atomic E-state index is 0.161. The molecule has 0 radical (unpaired) electrons. The molecule has 0 saturated carbocycles. The zero-order valence-electron chi connectivity index (χ0n) is 9.13. The lowest BCUT2D eigenvalue weighted by atomic mass is 10.0. The van der Waals surface area contributed by atoms with Crippen LogP contribution in [0.25, 0.3) is 0 Å². The van der Waals surface area contributed by atoms with Gasteiger partial charge in [-0.25, -0.2) is 15.8 Å². The molecule has 1 aromatic heterocycles. The van der Waals surface area contributed by atoms with Crippen molar-refractivity contribution >= 4 is 11.6 Å². The lowest BCUT2D eigenvalue weighted by Crippen LogP contribution is -2.42. The summed E-state index contributed by atoms with van der Waals surface area (Å²) in [5.74, 6) is 6.72. The summed E-state index contributed by atoms with van der Waals surface area (Å²) in [4.78, 5) is 10.3. The highest BCUT2D eigenvalue weighted by atomic mass is 16.3. The molecule has 1 atom stereocenters. The number of nitrogen functional groups attached to an aromatic ring is 1. The standard InChI is InChI=1S/C10H17N5O/c11-14-9-5-10(13-7-12-9)15-4-2-1-3-8(15)6-16/h5,7-8,16H,1-4,6,11H2,(H,12,13,14). The van der Waals surface area contributed by atoms with Crippen LogP contribution in [0, 0.1) is 0 Å². The monoisotopic (exact) mass is 223 g/mol. The number of hydrogen-bond donors (Lipinski definition) is 3. The maximum absolute atomic E-state index is 9.32. The summed E-state index contributed by atoms with van der Waals surface area (Å²) in [5, 5.41) is 9.32. The summed E-state index contributed by atoms with van der Waals surface area (Å²) in [6, 6.07) is 1.96. The summed E-state index contributed by atoms with van der Waals surface area (Å²) < 4.78 is 0. The number of aromatic nitrogens is 2. The SMILES string of the molecule is NNc1cc(N2CCCCC2CO)ncn1. The molecule has 1 aromatic rings. The van der Waals surface area contributed by atoms with E-state index in [1.807, 2.05) is 0 Å². The maximum atomic E-state index is 9.32. The summed E-state index contributed by atoms with van der Waals surface area (Å²) in [6.07, 6.45) is 4.78. The Bertz CT molecular complexity index is 346. The van der Waals surface area contributed by atoms with Crippen LogP contribution in [-0.2, 0) is 0 Å². The first kappa shape index (κ1) is 11.1. The Hall–Kier alpha value is -1.40. The Morgan fingerprint density at radius 2 is 2.38 bits per heavy atom. The number of anilines is 2. The van der Waals surface area contributed by atoms with E-state index in [4.69, 9.17) is 5.84 Å². The third-order valence-corrected chi connectivity index (χ3v) is 2.93. The zero-order chi connectivity index (χ0) is 11.4. The Labute approximate surface area is 94.5 Å². The second-order valence-electron chi connectivity index (χ2n) is 3.93. The van der Waals surface area contributed by atoms with E-state index in [0.29, 0.717) is 5.82 Å². The molecule has 1 unspecified atom stereocenters. The number of nitrogens with one attached hydrogen (secondary N) is 1. The fourth-order valence-electron chi connectivity index (χ4n) is 2.08. The van der Waals surface area contributed by atoms with Gasteiger partial charge in [0.15, 0.2) is 0 Å². The molecule has 0 aliphatic carbocycles. The summed E-state index contributed by atoms with van der Waals surface area (Å²) >= 11 is 0. The van der Waals surface area contributed by atoms with Gasteiger partial charge < -0.3 is 15.4 Å². The number of rotatable bonds is 3. The normalized spacial score (nSPS) is 20.9. The van der Waals surface area contributed by atoms with Crippen molar-refractivity contribution in [1.82, 2.24) is 9.97 Å². The molecule has 2 heterocycles. The fraction of sp³-hybridized carbons (Fsp3) is 0.600. The average molecular weight is 223 g/mol. The molecule has 1 aliphatic rings. The van der Waals surface area contributed by atoms with Crippen molar-refractivity contribution in [3.8, 4) is 0 Å². The molecular formula is C10H17N5O. The molecule has 2 rings (SSSR count). The lowest BCUT2D eigenvalue weighted by Gasteiger charge is -2.35. The Balaban J connectivity index is 2.20. The molecule has 88 valence electrons. The Morgan fingerprint density at radius 1 is 1.50 bits per heavy atom. The topological polar surface area (TPSA) is 87.3 Å². The second-order valence-corrected chi connectivity index (χ2v) is 3.93. The van der Waals surface area contributed by atoms with Crippen LogP contribution in [0.15, 0.2) is 12.4 Å². The van der Waals surface area contributed by atoms with Crippen LogP contribution in [0.5, 0.6) is 0 Å². The number of hydrazine groups is 1. The average Bonchev–Trinajstić information content (AvgIpc) is 2.38. The van der Waals surface area contributed by atoms with E-state index in [-0.39, 0.29) is 12.6 Å². The van der Waals surface area contributed by atoms with E-state index in [1.165, 1.54) is 6.33 Å². The van der Waals surface area contributed by atoms with Crippen LogP contribution in [0.1, 0.15) is 19.3 Å².